The van der Waals surface area contributed by atoms with Crippen molar-refractivity contribution in [1.82, 2.24) is 30.0 Å². The number of thioether (sulfide) groups is 1. The van der Waals surface area contributed by atoms with Crippen molar-refractivity contribution in [2.45, 2.75) is 23.4 Å². The zero-order valence-electron chi connectivity index (χ0n) is 20.0. The van der Waals surface area contributed by atoms with Crippen LogP contribution >= 0.6 is 11.8 Å². The number of fused-ring (bicyclic) bond motifs is 2. The van der Waals surface area contributed by atoms with Gasteiger partial charge in [0.15, 0.2) is 0 Å². The van der Waals surface area contributed by atoms with Crippen LogP contribution in [0, 0.1) is 0 Å². The number of rotatable bonds is 8. The standard InChI is InChI=1S/C27H28FN7S/c1-18(19-4-6-30-27(12-19)36-23-14-29-15-23)33-26-11-22-10-20(2-3-21(22)13-31-26)24-16-32-35-9-8-34(7-5-28)17-25(24)35/h2-4,6,10-13,16,23,29H,1,5,7-9,14-15,17H2,(H,31,33). The molecule has 4 aromatic rings. The molecule has 2 aliphatic heterocycles. The second-order valence-corrected chi connectivity index (χ2v) is 10.5. The molecule has 0 amide bonds. The third-order valence-electron chi connectivity index (χ3n) is 6.78. The molecule has 0 spiro atoms. The fourth-order valence-corrected chi connectivity index (χ4v) is 5.69. The Bertz CT molecular complexity index is 1410. The Morgan fingerprint density at radius 3 is 2.86 bits per heavy atom. The van der Waals surface area contributed by atoms with Crippen molar-refractivity contribution in [2.75, 3.05) is 38.2 Å². The number of alkyl halides is 1. The molecule has 3 aromatic heterocycles. The topological polar surface area (TPSA) is 70.9 Å². The van der Waals surface area contributed by atoms with Gasteiger partial charge in [-0.25, -0.2) is 14.4 Å². The molecule has 5 heterocycles. The van der Waals surface area contributed by atoms with E-state index in [-0.39, 0.29) is 6.67 Å². The van der Waals surface area contributed by atoms with Gasteiger partial charge in [-0.2, -0.15) is 5.10 Å². The van der Waals surface area contributed by atoms with Gasteiger partial charge in [0, 0.05) is 72.6 Å². The number of nitrogens with zero attached hydrogens (tertiary/aromatic N) is 5. The maximum atomic E-state index is 12.9. The highest BCUT2D eigenvalue weighted by atomic mass is 32.2. The van der Waals surface area contributed by atoms with E-state index in [1.165, 1.54) is 0 Å². The Kier molecular flexibility index (Phi) is 6.43. The summed E-state index contributed by atoms with van der Waals surface area (Å²) in [5.41, 5.74) is 5.12. The van der Waals surface area contributed by atoms with Crippen LogP contribution < -0.4 is 10.6 Å². The van der Waals surface area contributed by atoms with Gasteiger partial charge in [-0.1, -0.05) is 18.7 Å². The molecule has 2 aliphatic rings. The fraction of sp³-hybridized carbons (Fsp3) is 0.296. The summed E-state index contributed by atoms with van der Waals surface area (Å²) < 4.78 is 15.0. The predicted molar refractivity (Wildman–Crippen MR) is 144 cm³/mol. The van der Waals surface area contributed by atoms with Crippen LogP contribution in [0.4, 0.5) is 10.2 Å². The van der Waals surface area contributed by atoms with Crippen LogP contribution in [-0.4, -0.2) is 62.8 Å². The third kappa shape index (κ3) is 4.74. The van der Waals surface area contributed by atoms with Gasteiger partial charge < -0.3 is 10.6 Å². The van der Waals surface area contributed by atoms with Crippen LogP contribution in [0.2, 0.25) is 0 Å². The Morgan fingerprint density at radius 1 is 1.11 bits per heavy atom. The Hall–Kier alpha value is -3.27. The molecule has 6 rings (SSSR count). The van der Waals surface area contributed by atoms with E-state index < -0.39 is 0 Å². The van der Waals surface area contributed by atoms with E-state index in [1.54, 1.807) is 11.8 Å². The summed E-state index contributed by atoms with van der Waals surface area (Å²) in [7, 11) is 0. The van der Waals surface area contributed by atoms with Crippen LogP contribution in [0.15, 0.2) is 66.6 Å². The van der Waals surface area contributed by atoms with E-state index in [9.17, 15) is 4.39 Å². The summed E-state index contributed by atoms with van der Waals surface area (Å²) in [6.45, 7) is 8.75. The number of anilines is 1. The minimum Gasteiger partial charge on any atom is -0.340 e. The molecular formula is C27H28FN7S. The first-order chi connectivity index (χ1) is 17.7. The van der Waals surface area contributed by atoms with Gasteiger partial charge in [0.05, 0.1) is 23.5 Å². The van der Waals surface area contributed by atoms with Crippen molar-refractivity contribution in [3.05, 3.63) is 72.8 Å². The number of hydrogen-bond donors (Lipinski definition) is 2. The number of nitrogens with one attached hydrogen (secondary N) is 2. The maximum absolute atomic E-state index is 12.9. The van der Waals surface area contributed by atoms with Crippen molar-refractivity contribution >= 4 is 34.0 Å². The molecule has 1 fully saturated rings. The van der Waals surface area contributed by atoms with Crippen LogP contribution in [0.1, 0.15) is 11.3 Å². The molecule has 2 N–H and O–H groups in total. The smallest absolute Gasteiger partial charge is 0.130 e. The molecule has 0 saturated carbocycles. The molecule has 7 nitrogen and oxygen atoms in total. The summed E-state index contributed by atoms with van der Waals surface area (Å²) in [5.74, 6) is 0.741. The Balaban J connectivity index is 1.23. The van der Waals surface area contributed by atoms with Gasteiger partial charge >= 0.3 is 0 Å². The van der Waals surface area contributed by atoms with E-state index in [4.69, 9.17) is 0 Å². The molecule has 1 aromatic carbocycles. The number of aromatic nitrogens is 4. The predicted octanol–water partition coefficient (Wildman–Crippen LogP) is 4.43. The van der Waals surface area contributed by atoms with Gasteiger partial charge in [0.25, 0.3) is 0 Å². The lowest BCUT2D eigenvalue weighted by molar-refractivity contribution is 0.197. The largest absolute Gasteiger partial charge is 0.340 e. The number of halogens is 1. The Labute approximate surface area is 213 Å². The summed E-state index contributed by atoms with van der Waals surface area (Å²) in [5, 5.41) is 15.0. The second-order valence-electron chi connectivity index (χ2n) is 9.21. The lowest BCUT2D eigenvalue weighted by Gasteiger charge is -2.27. The van der Waals surface area contributed by atoms with Crippen LogP contribution in [0.25, 0.3) is 27.6 Å². The molecule has 0 aliphatic carbocycles. The van der Waals surface area contributed by atoms with E-state index in [0.29, 0.717) is 18.3 Å². The van der Waals surface area contributed by atoms with Crippen molar-refractivity contribution in [1.29, 1.82) is 0 Å². The first-order valence-corrected chi connectivity index (χ1v) is 13.1. The van der Waals surface area contributed by atoms with Gasteiger partial charge in [-0.05, 0) is 35.2 Å². The maximum Gasteiger partial charge on any atom is 0.130 e. The summed E-state index contributed by atoms with van der Waals surface area (Å²) in [6.07, 6.45) is 5.64. The van der Waals surface area contributed by atoms with Gasteiger partial charge in [0.2, 0.25) is 0 Å². The number of hydrogen-bond acceptors (Lipinski definition) is 7. The van der Waals surface area contributed by atoms with Crippen molar-refractivity contribution in [3.63, 3.8) is 0 Å². The van der Waals surface area contributed by atoms with E-state index in [0.717, 1.165) is 75.9 Å². The molecular weight excluding hydrogens is 473 g/mol. The summed E-state index contributed by atoms with van der Waals surface area (Å²) >= 11 is 1.80. The van der Waals surface area contributed by atoms with Crippen LogP contribution in [0.3, 0.4) is 0 Å². The lowest BCUT2D eigenvalue weighted by Crippen LogP contribution is -2.44. The quantitative estimate of drug-likeness (QED) is 0.370. The summed E-state index contributed by atoms with van der Waals surface area (Å²) in [4.78, 5) is 11.2. The van der Waals surface area contributed by atoms with E-state index >= 15 is 0 Å². The van der Waals surface area contributed by atoms with Crippen LogP contribution in [0.5, 0.6) is 0 Å². The highest BCUT2D eigenvalue weighted by Crippen LogP contribution is 2.31. The zero-order valence-corrected chi connectivity index (χ0v) is 20.8. The first-order valence-electron chi connectivity index (χ1n) is 12.2. The molecule has 0 unspecified atom stereocenters. The Morgan fingerprint density at radius 2 is 2.03 bits per heavy atom. The molecule has 36 heavy (non-hydrogen) atoms. The van der Waals surface area contributed by atoms with Crippen molar-refractivity contribution in [2.24, 2.45) is 0 Å². The highest BCUT2D eigenvalue weighted by Gasteiger charge is 2.21. The van der Waals surface area contributed by atoms with Gasteiger partial charge in [-0.3, -0.25) is 9.58 Å². The van der Waals surface area contributed by atoms with Crippen molar-refractivity contribution < 1.29 is 4.39 Å². The molecule has 0 bridgehead atoms. The highest BCUT2D eigenvalue weighted by molar-refractivity contribution is 8.00. The van der Waals surface area contributed by atoms with Crippen LogP contribution in [-0.2, 0) is 13.1 Å². The molecule has 0 radical (unpaired) electrons. The molecule has 184 valence electrons. The molecule has 1 saturated heterocycles. The van der Waals surface area contributed by atoms with Gasteiger partial charge in [-0.15, -0.1) is 11.8 Å². The van der Waals surface area contributed by atoms with Gasteiger partial charge in [0.1, 0.15) is 12.5 Å². The van der Waals surface area contributed by atoms with E-state index in [1.807, 2.05) is 35.4 Å². The molecule has 9 heteroatoms. The average molecular weight is 502 g/mol. The fourth-order valence-electron chi connectivity index (χ4n) is 4.63. The minimum absolute atomic E-state index is 0.328. The first kappa shape index (κ1) is 23.1. The molecule has 0 atom stereocenters. The monoisotopic (exact) mass is 501 g/mol. The third-order valence-corrected chi connectivity index (χ3v) is 7.91. The second kappa shape index (κ2) is 10.0. The zero-order chi connectivity index (χ0) is 24.5. The minimum atomic E-state index is -0.328. The summed E-state index contributed by atoms with van der Waals surface area (Å²) in [6, 6.07) is 12.5. The number of pyridine rings is 2. The number of benzene rings is 1. The average Bonchev–Trinajstić information content (AvgIpc) is 3.29. The van der Waals surface area contributed by atoms with Crippen molar-refractivity contribution in [3.8, 4) is 11.1 Å². The lowest BCUT2D eigenvalue weighted by atomic mass is 10.0. The van der Waals surface area contributed by atoms with E-state index in [2.05, 4.69) is 61.4 Å². The normalized spacial score (nSPS) is 16.0. The SMILES string of the molecule is C=C(Nc1cc2cc(-c3cnn4c3CN(CCF)CC4)ccc2cn1)c1ccnc(SC2CNC2)c1.